The molecule has 0 aromatic carbocycles. The molecule has 0 radical (unpaired) electrons. The van der Waals surface area contributed by atoms with Gasteiger partial charge in [-0.15, -0.1) is 0 Å². The summed E-state index contributed by atoms with van der Waals surface area (Å²) in [5.41, 5.74) is 4.84. The van der Waals surface area contributed by atoms with Gasteiger partial charge in [-0.25, -0.2) is 0 Å². The summed E-state index contributed by atoms with van der Waals surface area (Å²) < 4.78 is 5.42. The van der Waals surface area contributed by atoms with Crippen LogP contribution in [0, 0.1) is 5.92 Å². The Morgan fingerprint density at radius 2 is 1.88 bits per heavy atom. The summed E-state index contributed by atoms with van der Waals surface area (Å²) in [5, 5.41) is 0. The second-order valence-electron chi connectivity index (χ2n) is 5.56. The molecule has 0 unspecified atom stereocenters. The molecule has 0 atom stereocenters. The van der Waals surface area contributed by atoms with Crippen molar-refractivity contribution in [1.82, 2.24) is 0 Å². The zero-order chi connectivity index (χ0) is 12.2. The Morgan fingerprint density at radius 1 is 1.31 bits per heavy atom. The van der Waals surface area contributed by atoms with Crippen LogP contribution in [-0.2, 0) is 9.53 Å². The Bertz CT molecular complexity index is 225. The lowest BCUT2D eigenvalue weighted by Crippen LogP contribution is -2.44. The number of carbonyl (C=O) groups is 1. The Kier molecular flexibility index (Phi) is 4.78. The van der Waals surface area contributed by atoms with E-state index < -0.39 is 5.54 Å². The molecular weight excluding hydrogens is 202 g/mol. The predicted octanol–water partition coefficient (Wildman–Crippen LogP) is 2.63. The van der Waals surface area contributed by atoms with E-state index >= 15 is 0 Å². The first-order valence-corrected chi connectivity index (χ1v) is 6.43. The van der Waals surface area contributed by atoms with Crippen LogP contribution in [0.1, 0.15) is 59.3 Å². The van der Waals surface area contributed by atoms with Gasteiger partial charge in [-0.2, -0.15) is 0 Å². The molecule has 1 saturated carbocycles. The maximum Gasteiger partial charge on any atom is 0.325 e. The molecule has 0 spiro atoms. The molecule has 0 saturated heterocycles. The molecule has 1 aliphatic carbocycles. The Hall–Kier alpha value is -0.570. The van der Waals surface area contributed by atoms with E-state index in [1.54, 1.807) is 13.8 Å². The SMILES string of the molecule is CCCC1CCC(OC(=O)C(C)(C)N)CC1. The smallest absolute Gasteiger partial charge is 0.325 e. The van der Waals surface area contributed by atoms with Gasteiger partial charge >= 0.3 is 5.97 Å². The van der Waals surface area contributed by atoms with Gasteiger partial charge < -0.3 is 10.5 Å². The molecule has 0 aromatic heterocycles. The molecule has 0 aromatic rings. The lowest BCUT2D eigenvalue weighted by Gasteiger charge is -2.30. The summed E-state index contributed by atoms with van der Waals surface area (Å²) >= 11 is 0. The van der Waals surface area contributed by atoms with Crippen LogP contribution in [0.15, 0.2) is 0 Å². The van der Waals surface area contributed by atoms with Gasteiger partial charge in [0, 0.05) is 0 Å². The first-order chi connectivity index (χ1) is 7.43. The van der Waals surface area contributed by atoms with Crippen LogP contribution in [-0.4, -0.2) is 17.6 Å². The Balaban J connectivity index is 2.30. The topological polar surface area (TPSA) is 52.3 Å². The van der Waals surface area contributed by atoms with E-state index in [0.29, 0.717) is 0 Å². The first-order valence-electron chi connectivity index (χ1n) is 6.43. The molecule has 16 heavy (non-hydrogen) atoms. The minimum absolute atomic E-state index is 0.100. The predicted molar refractivity (Wildman–Crippen MR) is 65.0 cm³/mol. The molecule has 0 aliphatic heterocycles. The van der Waals surface area contributed by atoms with Gasteiger partial charge in [-0.05, 0) is 45.4 Å². The summed E-state index contributed by atoms with van der Waals surface area (Å²) in [6, 6.07) is 0. The van der Waals surface area contributed by atoms with E-state index in [0.717, 1.165) is 18.8 Å². The molecule has 2 N–H and O–H groups in total. The van der Waals surface area contributed by atoms with Crippen LogP contribution in [0.4, 0.5) is 0 Å². The number of ether oxygens (including phenoxy) is 1. The molecule has 3 nitrogen and oxygen atoms in total. The van der Waals surface area contributed by atoms with Crippen molar-refractivity contribution in [2.45, 2.75) is 70.9 Å². The van der Waals surface area contributed by atoms with Crippen LogP contribution >= 0.6 is 0 Å². The second kappa shape index (κ2) is 5.67. The van der Waals surface area contributed by atoms with Crippen LogP contribution in [0.25, 0.3) is 0 Å². The molecule has 0 bridgehead atoms. The highest BCUT2D eigenvalue weighted by Gasteiger charge is 2.29. The molecule has 3 heteroatoms. The quantitative estimate of drug-likeness (QED) is 0.751. The number of nitrogens with two attached hydrogens (primary N) is 1. The number of rotatable bonds is 4. The van der Waals surface area contributed by atoms with Crippen molar-refractivity contribution >= 4 is 5.97 Å². The number of hydrogen-bond acceptors (Lipinski definition) is 3. The molecule has 1 aliphatic rings. The standard InChI is InChI=1S/C13H25NO2/c1-4-5-10-6-8-11(9-7-10)16-12(15)13(2,3)14/h10-11H,4-9,14H2,1-3H3. The van der Waals surface area contributed by atoms with Gasteiger partial charge in [0.25, 0.3) is 0 Å². The molecule has 94 valence electrons. The molecule has 0 amide bonds. The average molecular weight is 227 g/mol. The molecule has 1 rings (SSSR count). The van der Waals surface area contributed by atoms with Gasteiger partial charge in [0.15, 0.2) is 0 Å². The van der Waals surface area contributed by atoms with Crippen molar-refractivity contribution in [3.8, 4) is 0 Å². The van der Waals surface area contributed by atoms with Gasteiger partial charge in [0.1, 0.15) is 11.6 Å². The second-order valence-corrected chi connectivity index (χ2v) is 5.56. The minimum atomic E-state index is -0.861. The maximum atomic E-state index is 11.6. The number of carbonyl (C=O) groups excluding carboxylic acids is 1. The van der Waals surface area contributed by atoms with Gasteiger partial charge in [0.05, 0.1) is 0 Å². The fourth-order valence-electron chi connectivity index (χ4n) is 2.25. The van der Waals surface area contributed by atoms with Crippen LogP contribution < -0.4 is 5.73 Å². The number of hydrogen-bond donors (Lipinski definition) is 1. The zero-order valence-electron chi connectivity index (χ0n) is 10.8. The van der Waals surface area contributed by atoms with E-state index in [2.05, 4.69) is 6.92 Å². The van der Waals surface area contributed by atoms with Crippen molar-refractivity contribution < 1.29 is 9.53 Å². The highest BCUT2D eigenvalue weighted by atomic mass is 16.5. The zero-order valence-corrected chi connectivity index (χ0v) is 10.8. The van der Waals surface area contributed by atoms with E-state index in [1.807, 2.05) is 0 Å². The van der Waals surface area contributed by atoms with Gasteiger partial charge in [-0.3, -0.25) is 4.79 Å². The summed E-state index contributed by atoms with van der Waals surface area (Å²) in [6.07, 6.45) is 7.06. The van der Waals surface area contributed by atoms with Crippen LogP contribution in [0.5, 0.6) is 0 Å². The summed E-state index contributed by atoms with van der Waals surface area (Å²) in [4.78, 5) is 11.6. The first kappa shape index (κ1) is 13.5. The third kappa shape index (κ3) is 4.12. The van der Waals surface area contributed by atoms with Crippen molar-refractivity contribution in [2.75, 3.05) is 0 Å². The van der Waals surface area contributed by atoms with Gasteiger partial charge in [-0.1, -0.05) is 19.8 Å². The van der Waals surface area contributed by atoms with Crippen molar-refractivity contribution in [3.63, 3.8) is 0 Å². The third-order valence-corrected chi connectivity index (χ3v) is 3.29. The monoisotopic (exact) mass is 227 g/mol. The van der Waals surface area contributed by atoms with E-state index in [1.165, 1.54) is 25.7 Å². The Morgan fingerprint density at radius 3 is 2.31 bits per heavy atom. The molecular formula is C13H25NO2. The van der Waals surface area contributed by atoms with Crippen molar-refractivity contribution in [2.24, 2.45) is 11.7 Å². The molecule has 0 heterocycles. The number of esters is 1. The van der Waals surface area contributed by atoms with E-state index in [4.69, 9.17) is 10.5 Å². The lowest BCUT2D eigenvalue weighted by molar-refractivity contribution is -0.156. The van der Waals surface area contributed by atoms with Crippen LogP contribution in [0.2, 0.25) is 0 Å². The highest BCUT2D eigenvalue weighted by molar-refractivity contribution is 5.79. The summed E-state index contributed by atoms with van der Waals surface area (Å²) in [6.45, 7) is 5.61. The third-order valence-electron chi connectivity index (χ3n) is 3.29. The largest absolute Gasteiger partial charge is 0.461 e. The summed E-state index contributed by atoms with van der Waals surface area (Å²) in [5.74, 6) is 0.567. The highest BCUT2D eigenvalue weighted by Crippen LogP contribution is 2.29. The minimum Gasteiger partial charge on any atom is -0.461 e. The maximum absolute atomic E-state index is 11.6. The van der Waals surface area contributed by atoms with E-state index in [9.17, 15) is 4.79 Å². The van der Waals surface area contributed by atoms with Crippen molar-refractivity contribution in [3.05, 3.63) is 0 Å². The summed E-state index contributed by atoms with van der Waals surface area (Å²) in [7, 11) is 0. The normalized spacial score (nSPS) is 26.5. The lowest BCUT2D eigenvalue weighted by atomic mass is 9.84. The average Bonchev–Trinajstić information content (AvgIpc) is 2.20. The fraction of sp³-hybridized carbons (Fsp3) is 0.923. The van der Waals surface area contributed by atoms with Crippen LogP contribution in [0.3, 0.4) is 0 Å². The molecule has 1 fully saturated rings. The van der Waals surface area contributed by atoms with Gasteiger partial charge in [0.2, 0.25) is 0 Å². The Labute approximate surface area is 98.7 Å². The van der Waals surface area contributed by atoms with Crippen molar-refractivity contribution in [1.29, 1.82) is 0 Å². The fourth-order valence-corrected chi connectivity index (χ4v) is 2.25. The van der Waals surface area contributed by atoms with E-state index in [-0.39, 0.29) is 12.1 Å².